The van der Waals surface area contributed by atoms with Gasteiger partial charge in [-0.2, -0.15) is 0 Å². The van der Waals surface area contributed by atoms with E-state index in [1.807, 2.05) is 0 Å². The van der Waals surface area contributed by atoms with Crippen LogP contribution in [0.4, 0.5) is 0 Å². The minimum Gasteiger partial charge on any atom is -0.469 e. The number of hydrogen-bond donors (Lipinski definition) is 1. The van der Waals surface area contributed by atoms with E-state index in [0.717, 1.165) is 32.8 Å². The van der Waals surface area contributed by atoms with Crippen LogP contribution in [0.3, 0.4) is 0 Å². The number of morpholine rings is 1. The molecule has 0 aliphatic carbocycles. The fourth-order valence-corrected chi connectivity index (χ4v) is 1.29. The van der Waals surface area contributed by atoms with Crippen LogP contribution in [0.2, 0.25) is 0 Å². The van der Waals surface area contributed by atoms with Crippen molar-refractivity contribution in [1.29, 1.82) is 0 Å². The molecule has 0 aromatic heterocycles. The Labute approximate surface area is 72.4 Å². The molecule has 1 rings (SSSR count). The minimum atomic E-state index is -0.117. The van der Waals surface area contributed by atoms with Gasteiger partial charge in [0.2, 0.25) is 0 Å². The van der Waals surface area contributed by atoms with E-state index in [1.165, 1.54) is 12.0 Å². The van der Waals surface area contributed by atoms with Gasteiger partial charge in [0, 0.05) is 0 Å². The van der Waals surface area contributed by atoms with Crippen LogP contribution in [-0.2, 0) is 14.3 Å². The lowest BCUT2D eigenvalue weighted by molar-refractivity contribution is -0.907. The maximum atomic E-state index is 10.8. The Kier molecular flexibility index (Phi) is 4.04. The summed E-state index contributed by atoms with van der Waals surface area (Å²) in [6.45, 7) is 4.52. The van der Waals surface area contributed by atoms with Crippen LogP contribution in [-0.4, -0.2) is 45.9 Å². The summed E-state index contributed by atoms with van der Waals surface area (Å²) >= 11 is 0. The number of methoxy groups -OCH3 is 1. The summed E-state index contributed by atoms with van der Waals surface area (Å²) in [4.78, 5) is 12.2. The highest BCUT2D eigenvalue weighted by molar-refractivity contribution is 5.69. The number of esters is 1. The quantitative estimate of drug-likeness (QED) is 0.527. The van der Waals surface area contributed by atoms with E-state index in [0.29, 0.717) is 6.42 Å². The number of nitrogens with one attached hydrogen (secondary N) is 1. The van der Waals surface area contributed by atoms with Gasteiger partial charge in [0.1, 0.15) is 13.1 Å². The van der Waals surface area contributed by atoms with Crippen LogP contribution in [0.5, 0.6) is 0 Å². The molecule has 0 bridgehead atoms. The summed E-state index contributed by atoms with van der Waals surface area (Å²) < 4.78 is 9.75. The molecular weight excluding hydrogens is 158 g/mol. The number of carbonyl (C=O) groups is 1. The van der Waals surface area contributed by atoms with E-state index in [9.17, 15) is 4.79 Å². The summed E-state index contributed by atoms with van der Waals surface area (Å²) in [6, 6.07) is 0. The first-order chi connectivity index (χ1) is 5.83. The SMILES string of the molecule is COC(=O)CC[NH+]1CCOCC1. The van der Waals surface area contributed by atoms with E-state index in [1.54, 1.807) is 0 Å². The fourth-order valence-electron chi connectivity index (χ4n) is 1.29. The molecule has 1 aliphatic heterocycles. The Morgan fingerprint density at radius 1 is 1.50 bits per heavy atom. The summed E-state index contributed by atoms with van der Waals surface area (Å²) in [5.74, 6) is -0.117. The zero-order chi connectivity index (χ0) is 8.81. The second-order valence-electron chi connectivity index (χ2n) is 2.94. The molecule has 1 N–H and O–H groups in total. The molecule has 70 valence electrons. The normalized spacial score (nSPS) is 19.1. The van der Waals surface area contributed by atoms with Gasteiger partial charge < -0.3 is 14.4 Å². The zero-order valence-electron chi connectivity index (χ0n) is 7.47. The van der Waals surface area contributed by atoms with Gasteiger partial charge in [-0.3, -0.25) is 4.79 Å². The molecule has 1 aliphatic rings. The standard InChI is InChI=1S/C8H15NO3/c1-11-8(10)2-3-9-4-6-12-7-5-9/h2-7H2,1H3/p+1. The number of rotatable bonds is 3. The highest BCUT2D eigenvalue weighted by atomic mass is 16.5. The van der Waals surface area contributed by atoms with Crippen molar-refractivity contribution in [2.24, 2.45) is 0 Å². The molecule has 4 heteroatoms. The summed E-state index contributed by atoms with van der Waals surface area (Å²) in [5.41, 5.74) is 0. The topological polar surface area (TPSA) is 40.0 Å². The Bertz CT molecular complexity index is 143. The van der Waals surface area contributed by atoms with Crippen LogP contribution >= 0.6 is 0 Å². The van der Waals surface area contributed by atoms with Crippen LogP contribution in [0, 0.1) is 0 Å². The van der Waals surface area contributed by atoms with Crippen molar-refractivity contribution >= 4 is 5.97 Å². The Balaban J connectivity index is 2.09. The number of quaternary nitrogens is 1. The van der Waals surface area contributed by atoms with Gasteiger partial charge in [-0.05, 0) is 0 Å². The largest absolute Gasteiger partial charge is 0.469 e. The van der Waals surface area contributed by atoms with Crippen LogP contribution in [0.1, 0.15) is 6.42 Å². The van der Waals surface area contributed by atoms with Gasteiger partial charge in [-0.1, -0.05) is 0 Å². The third-order valence-electron chi connectivity index (χ3n) is 2.11. The van der Waals surface area contributed by atoms with Crippen LogP contribution < -0.4 is 4.90 Å². The van der Waals surface area contributed by atoms with E-state index >= 15 is 0 Å². The average Bonchev–Trinajstić information content (AvgIpc) is 2.16. The third kappa shape index (κ3) is 3.19. The predicted molar refractivity (Wildman–Crippen MR) is 43.0 cm³/mol. The Morgan fingerprint density at radius 2 is 2.17 bits per heavy atom. The Morgan fingerprint density at radius 3 is 2.75 bits per heavy atom. The molecule has 0 spiro atoms. The summed E-state index contributed by atoms with van der Waals surface area (Å²) in [7, 11) is 1.43. The molecule has 0 atom stereocenters. The highest BCUT2D eigenvalue weighted by Crippen LogP contribution is 1.80. The van der Waals surface area contributed by atoms with E-state index in [4.69, 9.17) is 4.74 Å². The molecule has 12 heavy (non-hydrogen) atoms. The van der Waals surface area contributed by atoms with Gasteiger partial charge >= 0.3 is 5.97 Å². The summed E-state index contributed by atoms with van der Waals surface area (Å²) in [5, 5.41) is 0. The molecular formula is C8H16NO3+. The number of carbonyl (C=O) groups excluding carboxylic acids is 1. The lowest BCUT2D eigenvalue weighted by Gasteiger charge is -2.23. The molecule has 4 nitrogen and oxygen atoms in total. The maximum absolute atomic E-state index is 10.8. The molecule has 0 aromatic rings. The molecule has 1 heterocycles. The predicted octanol–water partition coefficient (Wildman–Crippen LogP) is -1.54. The molecule has 0 unspecified atom stereocenters. The fraction of sp³-hybridized carbons (Fsp3) is 0.875. The second kappa shape index (κ2) is 5.11. The van der Waals surface area contributed by atoms with Crippen molar-refractivity contribution in [3.8, 4) is 0 Å². The molecule has 1 saturated heterocycles. The van der Waals surface area contributed by atoms with Crippen LogP contribution in [0.15, 0.2) is 0 Å². The molecule has 0 aromatic carbocycles. The lowest BCUT2D eigenvalue weighted by Crippen LogP contribution is -3.14. The van der Waals surface area contributed by atoms with E-state index in [-0.39, 0.29) is 5.97 Å². The van der Waals surface area contributed by atoms with Crippen molar-refractivity contribution < 1.29 is 19.2 Å². The third-order valence-corrected chi connectivity index (χ3v) is 2.11. The molecule has 0 amide bonds. The molecule has 1 fully saturated rings. The first-order valence-electron chi connectivity index (χ1n) is 4.31. The average molecular weight is 174 g/mol. The van der Waals surface area contributed by atoms with Crippen molar-refractivity contribution in [2.75, 3.05) is 40.0 Å². The Hall–Kier alpha value is -0.610. The highest BCUT2D eigenvalue weighted by Gasteiger charge is 2.14. The van der Waals surface area contributed by atoms with Gasteiger partial charge in [0.15, 0.2) is 0 Å². The van der Waals surface area contributed by atoms with Crippen molar-refractivity contribution in [3.05, 3.63) is 0 Å². The van der Waals surface area contributed by atoms with Crippen molar-refractivity contribution in [3.63, 3.8) is 0 Å². The molecule has 0 saturated carbocycles. The zero-order valence-corrected chi connectivity index (χ0v) is 7.47. The number of hydrogen-bond acceptors (Lipinski definition) is 3. The van der Waals surface area contributed by atoms with E-state index < -0.39 is 0 Å². The van der Waals surface area contributed by atoms with Gasteiger partial charge in [0.05, 0.1) is 33.3 Å². The van der Waals surface area contributed by atoms with Gasteiger partial charge in [0.25, 0.3) is 0 Å². The van der Waals surface area contributed by atoms with E-state index in [2.05, 4.69) is 4.74 Å². The number of ether oxygens (including phenoxy) is 2. The maximum Gasteiger partial charge on any atom is 0.311 e. The summed E-state index contributed by atoms with van der Waals surface area (Å²) in [6.07, 6.45) is 0.520. The van der Waals surface area contributed by atoms with Crippen molar-refractivity contribution in [2.45, 2.75) is 6.42 Å². The smallest absolute Gasteiger partial charge is 0.311 e. The van der Waals surface area contributed by atoms with Gasteiger partial charge in [-0.25, -0.2) is 0 Å². The lowest BCUT2D eigenvalue weighted by atomic mass is 10.3. The second-order valence-corrected chi connectivity index (χ2v) is 2.94. The van der Waals surface area contributed by atoms with Gasteiger partial charge in [-0.15, -0.1) is 0 Å². The van der Waals surface area contributed by atoms with Crippen molar-refractivity contribution in [1.82, 2.24) is 0 Å². The molecule has 0 radical (unpaired) electrons. The first kappa shape index (κ1) is 9.48. The monoisotopic (exact) mass is 174 g/mol. The minimum absolute atomic E-state index is 0.117. The first-order valence-corrected chi connectivity index (χ1v) is 4.31. The van der Waals surface area contributed by atoms with Crippen LogP contribution in [0.25, 0.3) is 0 Å².